The Morgan fingerprint density at radius 1 is 1.32 bits per heavy atom. The third-order valence-electron chi connectivity index (χ3n) is 6.13. The highest BCUT2D eigenvalue weighted by Gasteiger charge is 2.44. The first-order chi connectivity index (χ1) is 15.0. The number of aromatic nitrogens is 2. The number of aryl methyl sites for hydroxylation is 3. The molecule has 1 aromatic heterocycles. The summed E-state index contributed by atoms with van der Waals surface area (Å²) in [4.78, 5) is 12.8. The van der Waals surface area contributed by atoms with Crippen LogP contribution in [0.25, 0.3) is 0 Å². The van der Waals surface area contributed by atoms with Crippen LogP contribution in [0.15, 0.2) is 17.2 Å². The molecule has 0 spiro atoms. The Kier molecular flexibility index (Phi) is 6.60. The minimum absolute atomic E-state index is 0.222. The predicted molar refractivity (Wildman–Crippen MR) is 123 cm³/mol. The van der Waals surface area contributed by atoms with Gasteiger partial charge < -0.3 is 14.8 Å². The van der Waals surface area contributed by atoms with E-state index in [1.807, 2.05) is 24.7 Å². The van der Waals surface area contributed by atoms with Crippen molar-refractivity contribution in [1.82, 2.24) is 14.5 Å². The molecule has 168 valence electrons. The molecule has 2 heterocycles. The van der Waals surface area contributed by atoms with Gasteiger partial charge in [0.1, 0.15) is 5.03 Å². The van der Waals surface area contributed by atoms with E-state index in [1.54, 1.807) is 0 Å². The van der Waals surface area contributed by atoms with E-state index in [-0.39, 0.29) is 6.03 Å². The number of nitrogens with zero attached hydrogens (tertiary/aromatic N) is 2. The van der Waals surface area contributed by atoms with Crippen LogP contribution >= 0.6 is 11.9 Å². The quantitative estimate of drug-likeness (QED) is 0.595. The molecule has 2 amide bonds. The van der Waals surface area contributed by atoms with Crippen LogP contribution in [-0.2, 0) is 41.4 Å². The fraction of sp³-hybridized carbons (Fsp3) is 0.565. The number of amides is 2. The zero-order chi connectivity index (χ0) is 22.0. The minimum Gasteiger partial charge on any atom is -0.374 e. The molecule has 0 unspecified atom stereocenters. The van der Waals surface area contributed by atoms with Crippen molar-refractivity contribution in [2.24, 2.45) is 7.05 Å². The van der Waals surface area contributed by atoms with Gasteiger partial charge in [-0.25, -0.2) is 4.79 Å². The molecule has 1 aromatic carbocycles. The molecule has 4 rings (SSSR count). The molecule has 2 N–H and O–H groups in total. The second kappa shape index (κ2) is 9.22. The molecule has 2 aliphatic rings. The Balaban J connectivity index is 1.46. The van der Waals surface area contributed by atoms with Crippen LogP contribution in [0.1, 0.15) is 54.6 Å². The van der Waals surface area contributed by atoms with E-state index in [4.69, 9.17) is 9.47 Å². The molecule has 7 nitrogen and oxygen atoms in total. The van der Waals surface area contributed by atoms with Crippen LogP contribution in [0.3, 0.4) is 0 Å². The van der Waals surface area contributed by atoms with Gasteiger partial charge in [0, 0.05) is 31.3 Å². The van der Waals surface area contributed by atoms with Crippen LogP contribution in [0.5, 0.6) is 0 Å². The zero-order valence-corrected chi connectivity index (χ0v) is 19.7. The van der Waals surface area contributed by atoms with E-state index in [1.165, 1.54) is 34.2 Å². The van der Waals surface area contributed by atoms with Crippen LogP contribution in [-0.4, -0.2) is 35.6 Å². The van der Waals surface area contributed by atoms with Gasteiger partial charge in [0.15, 0.2) is 5.60 Å². The van der Waals surface area contributed by atoms with Gasteiger partial charge in [0.05, 0.1) is 18.9 Å². The molecule has 2 aromatic rings. The minimum atomic E-state index is -0.436. The molecule has 1 fully saturated rings. The number of fused-ring (bicyclic) bond motifs is 1. The lowest BCUT2D eigenvalue weighted by molar-refractivity contribution is -0.218. The monoisotopic (exact) mass is 444 g/mol. The highest BCUT2D eigenvalue weighted by atomic mass is 32.2. The maximum atomic E-state index is 12.8. The normalized spacial score (nSPS) is 16.6. The summed E-state index contributed by atoms with van der Waals surface area (Å²) in [7, 11) is 1.89. The molecule has 8 heteroatoms. The van der Waals surface area contributed by atoms with Crippen molar-refractivity contribution in [3.05, 3.63) is 40.1 Å². The molecule has 0 radical (unpaired) electrons. The number of urea groups is 1. The number of carbonyl (C=O) groups excluding carboxylic acids is 1. The van der Waals surface area contributed by atoms with Gasteiger partial charge >= 0.3 is 6.03 Å². The second-order valence-electron chi connectivity index (χ2n) is 8.36. The summed E-state index contributed by atoms with van der Waals surface area (Å²) in [6.45, 7) is 7.96. The maximum absolute atomic E-state index is 12.8. The highest BCUT2D eigenvalue weighted by molar-refractivity contribution is 7.97. The van der Waals surface area contributed by atoms with Crippen molar-refractivity contribution in [3.63, 3.8) is 0 Å². The second-order valence-corrected chi connectivity index (χ2v) is 9.18. The van der Waals surface area contributed by atoms with Crippen molar-refractivity contribution in [2.45, 2.75) is 63.5 Å². The Labute approximate surface area is 188 Å². The molecular formula is C23H32N4O3S. The van der Waals surface area contributed by atoms with Gasteiger partial charge in [0.2, 0.25) is 0 Å². The molecule has 0 bridgehead atoms. The van der Waals surface area contributed by atoms with Crippen LogP contribution in [0, 0.1) is 6.92 Å². The average molecular weight is 445 g/mol. The van der Waals surface area contributed by atoms with E-state index < -0.39 is 5.60 Å². The number of nitrogens with one attached hydrogen (secondary N) is 2. The first kappa shape index (κ1) is 22.2. The number of benzene rings is 1. The van der Waals surface area contributed by atoms with Gasteiger partial charge in [-0.2, -0.15) is 5.10 Å². The molecule has 1 aliphatic carbocycles. The molecule has 0 atom stereocenters. The van der Waals surface area contributed by atoms with Crippen molar-refractivity contribution in [3.8, 4) is 0 Å². The number of rotatable bonds is 8. The number of hydrogen-bond donors (Lipinski definition) is 2. The molecule has 1 aliphatic heterocycles. The lowest BCUT2D eigenvalue weighted by atomic mass is 9.95. The van der Waals surface area contributed by atoms with Gasteiger partial charge in [-0.15, -0.1) is 0 Å². The third-order valence-corrected chi connectivity index (χ3v) is 6.83. The number of hydrogen-bond acceptors (Lipinski definition) is 5. The first-order valence-corrected chi connectivity index (χ1v) is 11.9. The fourth-order valence-electron chi connectivity index (χ4n) is 4.69. The van der Waals surface area contributed by atoms with Gasteiger partial charge in [-0.3, -0.25) is 9.40 Å². The molecule has 0 saturated carbocycles. The van der Waals surface area contributed by atoms with Gasteiger partial charge in [-0.05, 0) is 67.9 Å². The van der Waals surface area contributed by atoms with Crippen molar-refractivity contribution >= 4 is 23.7 Å². The van der Waals surface area contributed by atoms with Gasteiger partial charge in [-0.1, -0.05) is 19.4 Å². The molecular weight excluding hydrogens is 412 g/mol. The summed E-state index contributed by atoms with van der Waals surface area (Å²) in [6.07, 6.45) is 5.28. The largest absolute Gasteiger partial charge is 0.374 e. The van der Waals surface area contributed by atoms with E-state index in [0.717, 1.165) is 48.5 Å². The summed E-state index contributed by atoms with van der Waals surface area (Å²) in [5.74, 6) is 0. The summed E-state index contributed by atoms with van der Waals surface area (Å²) >= 11 is 1.22. The van der Waals surface area contributed by atoms with Crippen LogP contribution in [0.2, 0.25) is 0 Å². The smallest absolute Gasteiger partial charge is 0.329 e. The molecule has 1 saturated heterocycles. The summed E-state index contributed by atoms with van der Waals surface area (Å²) in [5.41, 5.74) is 6.74. The fourth-order valence-corrected chi connectivity index (χ4v) is 5.27. The first-order valence-electron chi connectivity index (χ1n) is 11.1. The Morgan fingerprint density at radius 2 is 2.13 bits per heavy atom. The topological polar surface area (TPSA) is 77.4 Å². The Hall–Kier alpha value is -2.03. The Morgan fingerprint density at radius 3 is 2.81 bits per heavy atom. The number of carbonyl (C=O) groups is 1. The lowest BCUT2D eigenvalue weighted by Crippen LogP contribution is -2.50. The summed E-state index contributed by atoms with van der Waals surface area (Å²) < 4.78 is 16.1. The van der Waals surface area contributed by atoms with E-state index in [0.29, 0.717) is 19.8 Å². The van der Waals surface area contributed by atoms with Crippen molar-refractivity contribution in [2.75, 3.05) is 25.1 Å². The maximum Gasteiger partial charge on any atom is 0.329 e. The van der Waals surface area contributed by atoms with Crippen LogP contribution < -0.4 is 10.0 Å². The third kappa shape index (κ3) is 4.33. The Bertz CT molecular complexity index is 968. The number of anilines is 1. The number of ether oxygens (including phenoxy) is 2. The summed E-state index contributed by atoms with van der Waals surface area (Å²) in [5, 5.41) is 8.42. The van der Waals surface area contributed by atoms with Gasteiger partial charge in [0.25, 0.3) is 0 Å². The molecule has 31 heavy (non-hydrogen) atoms. The van der Waals surface area contributed by atoms with E-state index in [2.05, 4.69) is 35.1 Å². The lowest BCUT2D eigenvalue weighted by Gasteiger charge is -2.40. The van der Waals surface area contributed by atoms with Crippen molar-refractivity contribution < 1.29 is 14.3 Å². The predicted octanol–water partition coefficient (Wildman–Crippen LogP) is 4.26. The van der Waals surface area contributed by atoms with E-state index in [9.17, 15) is 4.79 Å². The zero-order valence-electron chi connectivity index (χ0n) is 18.8. The van der Waals surface area contributed by atoms with E-state index >= 15 is 0 Å². The van der Waals surface area contributed by atoms with Crippen molar-refractivity contribution in [1.29, 1.82) is 0 Å². The highest BCUT2D eigenvalue weighted by Crippen LogP contribution is 2.36. The average Bonchev–Trinajstić information content (AvgIpc) is 3.32. The standard InChI is InChI=1S/C23H32N4O3S/c1-5-8-17-15(3)11-16-9-7-10-18(16)21(17)24-22(28)26-31-20-12-19(27(4)25-20)23(30-6-2)13-29-14-23/h11-12H,5-10,13-14H2,1-4H3,(H2,24,26,28). The SMILES string of the molecule is CCCc1c(C)cc2c(c1NC(=O)NSc1cc(C3(OCC)COC3)n(C)n1)CCC2. The summed E-state index contributed by atoms with van der Waals surface area (Å²) in [6, 6.07) is 4.05. The van der Waals surface area contributed by atoms with Crippen LogP contribution in [0.4, 0.5) is 10.5 Å².